The molecule has 4 amide bonds. The first kappa shape index (κ1) is 19.2. The number of hydrogen-bond acceptors (Lipinski definition) is 8. The van der Waals surface area contributed by atoms with Gasteiger partial charge in [-0.1, -0.05) is 23.5 Å². The van der Waals surface area contributed by atoms with Crippen LogP contribution in [0.5, 0.6) is 0 Å². The van der Waals surface area contributed by atoms with E-state index in [4.69, 9.17) is 0 Å². The predicted molar refractivity (Wildman–Crippen MR) is 94.9 cm³/mol. The van der Waals surface area contributed by atoms with E-state index in [0.29, 0.717) is 0 Å². The SMILES string of the molecule is CC(=O)NC1=NN(C(C)=O)[C@@H]([C@@]2(C)SC(NC(C)=O)=NN2C(C)=O)S1. The molecule has 0 saturated carbocycles. The van der Waals surface area contributed by atoms with Crippen LogP contribution in [0.2, 0.25) is 0 Å². The number of hydrogen-bond donors (Lipinski definition) is 2. The quantitative estimate of drug-likeness (QED) is 0.655. The molecule has 2 aliphatic heterocycles. The molecule has 2 atom stereocenters. The van der Waals surface area contributed by atoms with Gasteiger partial charge in [-0.3, -0.25) is 19.2 Å². The summed E-state index contributed by atoms with van der Waals surface area (Å²) in [5.41, 5.74) is 0. The van der Waals surface area contributed by atoms with E-state index in [-0.39, 0.29) is 34.0 Å². The molecule has 2 rings (SSSR count). The molecule has 0 saturated heterocycles. The van der Waals surface area contributed by atoms with Crippen LogP contribution in [0.25, 0.3) is 0 Å². The second-order valence-corrected chi connectivity index (χ2v) is 7.98. The number of rotatable bonds is 1. The molecule has 12 heteroatoms. The lowest BCUT2D eigenvalue weighted by Gasteiger charge is -2.37. The van der Waals surface area contributed by atoms with E-state index in [2.05, 4.69) is 20.8 Å². The van der Waals surface area contributed by atoms with Gasteiger partial charge in [-0.25, -0.2) is 10.0 Å². The summed E-state index contributed by atoms with van der Waals surface area (Å²) in [6.45, 7) is 7.06. The van der Waals surface area contributed by atoms with Crippen molar-refractivity contribution in [2.75, 3.05) is 0 Å². The van der Waals surface area contributed by atoms with Crippen molar-refractivity contribution in [1.29, 1.82) is 0 Å². The summed E-state index contributed by atoms with van der Waals surface area (Å²) in [4.78, 5) is 45.6. The van der Waals surface area contributed by atoms with Crippen LogP contribution < -0.4 is 10.6 Å². The number of nitrogens with one attached hydrogen (secondary N) is 2. The molecule has 0 aliphatic carbocycles. The molecule has 0 spiro atoms. The molecule has 2 heterocycles. The van der Waals surface area contributed by atoms with Gasteiger partial charge < -0.3 is 10.6 Å². The topological polar surface area (TPSA) is 124 Å². The van der Waals surface area contributed by atoms with Crippen LogP contribution in [-0.4, -0.2) is 54.2 Å². The fraction of sp³-hybridized carbons (Fsp3) is 0.538. The van der Waals surface area contributed by atoms with Crippen molar-refractivity contribution in [3.8, 4) is 0 Å². The van der Waals surface area contributed by atoms with Crippen LogP contribution >= 0.6 is 23.5 Å². The molecule has 2 N–H and O–H groups in total. The number of amides is 4. The largest absolute Gasteiger partial charge is 0.304 e. The van der Waals surface area contributed by atoms with Gasteiger partial charge in [-0.2, -0.15) is 0 Å². The molecule has 0 aromatic heterocycles. The fourth-order valence-corrected chi connectivity index (χ4v) is 4.91. The highest BCUT2D eigenvalue weighted by atomic mass is 32.2. The minimum absolute atomic E-state index is 0.252. The van der Waals surface area contributed by atoms with Crippen molar-refractivity contribution in [1.82, 2.24) is 20.7 Å². The molecule has 0 fully saturated rings. The van der Waals surface area contributed by atoms with Gasteiger partial charge in [0.05, 0.1) is 0 Å². The smallest absolute Gasteiger partial charge is 0.241 e. The third-order valence-electron chi connectivity index (χ3n) is 3.20. The zero-order valence-electron chi connectivity index (χ0n) is 14.3. The Morgan fingerprint density at radius 3 is 2.00 bits per heavy atom. The molecule has 0 bridgehead atoms. The highest BCUT2D eigenvalue weighted by Crippen LogP contribution is 2.47. The van der Waals surface area contributed by atoms with Crippen LogP contribution in [0.1, 0.15) is 34.6 Å². The summed E-state index contributed by atoms with van der Waals surface area (Å²) in [6, 6.07) is 0. The average molecular weight is 386 g/mol. The lowest BCUT2D eigenvalue weighted by atomic mass is 10.3. The third-order valence-corrected chi connectivity index (χ3v) is 5.83. The van der Waals surface area contributed by atoms with Gasteiger partial charge >= 0.3 is 0 Å². The maximum atomic E-state index is 12.1. The van der Waals surface area contributed by atoms with E-state index in [0.717, 1.165) is 23.5 Å². The van der Waals surface area contributed by atoms with Crippen molar-refractivity contribution in [3.05, 3.63) is 0 Å². The van der Waals surface area contributed by atoms with E-state index in [1.807, 2.05) is 0 Å². The van der Waals surface area contributed by atoms with Crippen LogP contribution in [0.3, 0.4) is 0 Å². The molecular formula is C13H18N6O4S2. The molecule has 0 aromatic rings. The minimum Gasteiger partial charge on any atom is -0.304 e. The Labute approximate surface area is 152 Å². The van der Waals surface area contributed by atoms with Crippen LogP contribution in [-0.2, 0) is 19.2 Å². The van der Waals surface area contributed by atoms with E-state index in [1.165, 1.54) is 37.7 Å². The zero-order valence-corrected chi connectivity index (χ0v) is 15.9. The van der Waals surface area contributed by atoms with Gasteiger partial charge in [0.15, 0.2) is 10.3 Å². The van der Waals surface area contributed by atoms with Crippen LogP contribution in [0.15, 0.2) is 10.2 Å². The lowest BCUT2D eigenvalue weighted by molar-refractivity contribution is -0.136. The number of hydrazone groups is 2. The van der Waals surface area contributed by atoms with Gasteiger partial charge in [-0.15, -0.1) is 10.2 Å². The Morgan fingerprint density at radius 1 is 0.960 bits per heavy atom. The van der Waals surface area contributed by atoms with Gasteiger partial charge in [0, 0.05) is 27.7 Å². The van der Waals surface area contributed by atoms with E-state index in [1.54, 1.807) is 6.92 Å². The first-order chi connectivity index (χ1) is 11.5. The molecule has 25 heavy (non-hydrogen) atoms. The van der Waals surface area contributed by atoms with Crippen molar-refractivity contribution in [2.45, 2.75) is 44.9 Å². The Morgan fingerprint density at radius 2 is 1.52 bits per heavy atom. The minimum atomic E-state index is -1.02. The number of nitrogens with zero attached hydrogens (tertiary/aromatic N) is 4. The molecular weight excluding hydrogens is 368 g/mol. The lowest BCUT2D eigenvalue weighted by Crippen LogP contribution is -2.53. The molecule has 0 unspecified atom stereocenters. The summed E-state index contributed by atoms with van der Waals surface area (Å²) in [6.07, 6.45) is 0. The van der Waals surface area contributed by atoms with Crippen molar-refractivity contribution in [2.24, 2.45) is 10.2 Å². The van der Waals surface area contributed by atoms with Gasteiger partial charge in [0.2, 0.25) is 23.6 Å². The highest BCUT2D eigenvalue weighted by Gasteiger charge is 2.54. The number of thioether (sulfide) groups is 2. The van der Waals surface area contributed by atoms with Gasteiger partial charge in [0.1, 0.15) is 10.2 Å². The first-order valence-electron chi connectivity index (χ1n) is 7.23. The summed E-state index contributed by atoms with van der Waals surface area (Å²) in [5, 5.41) is 15.6. The maximum Gasteiger partial charge on any atom is 0.241 e. The average Bonchev–Trinajstić information content (AvgIpc) is 3.00. The highest BCUT2D eigenvalue weighted by molar-refractivity contribution is 8.18. The predicted octanol–water partition coefficient (Wildman–Crippen LogP) is 0.0335. The number of amidine groups is 2. The molecule has 0 radical (unpaired) electrons. The van der Waals surface area contributed by atoms with Crippen molar-refractivity contribution in [3.63, 3.8) is 0 Å². The van der Waals surface area contributed by atoms with Gasteiger partial charge in [0.25, 0.3) is 0 Å². The first-order valence-corrected chi connectivity index (χ1v) is 8.93. The second kappa shape index (κ2) is 7.04. The summed E-state index contributed by atoms with van der Waals surface area (Å²) >= 11 is 2.28. The molecule has 10 nitrogen and oxygen atoms in total. The van der Waals surface area contributed by atoms with Gasteiger partial charge in [-0.05, 0) is 6.92 Å². The summed E-state index contributed by atoms with van der Waals surface area (Å²) in [5.74, 6) is -1.35. The monoisotopic (exact) mass is 386 g/mol. The normalized spacial score (nSPS) is 25.4. The van der Waals surface area contributed by atoms with Crippen LogP contribution in [0.4, 0.5) is 0 Å². The number of carbonyl (C=O) groups is 4. The number of carbonyl (C=O) groups excluding carboxylic acids is 4. The fourth-order valence-electron chi connectivity index (χ4n) is 2.29. The second-order valence-electron chi connectivity index (χ2n) is 5.49. The Kier molecular flexibility index (Phi) is 5.42. The maximum absolute atomic E-state index is 12.1. The summed E-state index contributed by atoms with van der Waals surface area (Å²) in [7, 11) is 0. The van der Waals surface area contributed by atoms with Crippen molar-refractivity contribution < 1.29 is 19.2 Å². The third kappa shape index (κ3) is 3.95. The molecule has 136 valence electrons. The molecule has 0 aromatic carbocycles. The van der Waals surface area contributed by atoms with E-state index in [9.17, 15) is 19.2 Å². The Bertz CT molecular complexity index is 709. The summed E-state index contributed by atoms with van der Waals surface area (Å²) < 4.78 is 0. The Hall–Kier alpha value is -2.08. The molecule has 2 aliphatic rings. The van der Waals surface area contributed by atoms with Crippen molar-refractivity contribution >= 4 is 57.5 Å². The zero-order chi connectivity index (χ0) is 18.9. The van der Waals surface area contributed by atoms with Crippen LogP contribution in [0, 0.1) is 0 Å². The van der Waals surface area contributed by atoms with E-state index < -0.39 is 10.2 Å². The standard InChI is InChI=1S/C13H18N6O4S2/c1-6(20)14-11-16-18(8(3)22)10(24-11)13(5)19(9(4)23)17-12(25-13)15-7(2)21/h10H,1-5H3,(H,14,16,20)(H,15,17,21)/t10-,13-/m1/s1. The Balaban J connectivity index is 2.34. The van der Waals surface area contributed by atoms with E-state index >= 15 is 0 Å².